The number of aryl methyl sites for hydroxylation is 2. The highest BCUT2D eigenvalue weighted by Crippen LogP contribution is 2.24. The van der Waals surface area contributed by atoms with E-state index in [1.54, 1.807) is 18.2 Å². The Morgan fingerprint density at radius 2 is 1.89 bits per heavy atom. The zero-order valence-corrected chi connectivity index (χ0v) is 15.2. The van der Waals surface area contributed by atoms with E-state index in [-0.39, 0.29) is 17.8 Å². The second kappa shape index (κ2) is 7.90. The molecule has 0 spiro atoms. The number of rotatable bonds is 3. The number of piperidine rings is 1. The number of benzene rings is 1. The van der Waals surface area contributed by atoms with Crippen molar-refractivity contribution < 1.29 is 9.18 Å². The number of hydrogen-bond acceptors (Lipinski definition) is 4. The standard InChI is InChI=1S/C20H24FN5O/c21-16-6-2-4-8-18(16)23-20(27)22-15-9-11-26(12-10-15)19-13-14-5-1-3-7-17(14)24-25-19/h2,4,6,8,13,15H,1,3,5,7,9-12H2,(H2,22,23,27). The van der Waals surface area contributed by atoms with Gasteiger partial charge >= 0.3 is 6.03 Å². The number of halogens is 1. The minimum Gasteiger partial charge on any atom is -0.355 e. The molecule has 0 radical (unpaired) electrons. The second-order valence-electron chi connectivity index (χ2n) is 7.22. The third-order valence-electron chi connectivity index (χ3n) is 5.33. The highest BCUT2D eigenvalue weighted by atomic mass is 19.1. The molecule has 1 aromatic heterocycles. The van der Waals surface area contributed by atoms with Gasteiger partial charge in [-0.25, -0.2) is 9.18 Å². The molecule has 27 heavy (non-hydrogen) atoms. The summed E-state index contributed by atoms with van der Waals surface area (Å²) in [5.41, 5.74) is 2.67. The molecule has 2 heterocycles. The van der Waals surface area contributed by atoms with Crippen LogP contribution in [0.15, 0.2) is 30.3 Å². The summed E-state index contributed by atoms with van der Waals surface area (Å²) in [6, 6.07) is 8.04. The minimum absolute atomic E-state index is 0.0682. The maximum absolute atomic E-state index is 13.6. The van der Waals surface area contributed by atoms with Crippen LogP contribution in [-0.2, 0) is 12.8 Å². The molecule has 4 rings (SSSR count). The van der Waals surface area contributed by atoms with Crippen LogP contribution in [0.4, 0.5) is 20.7 Å². The van der Waals surface area contributed by atoms with Crippen molar-refractivity contribution in [3.63, 3.8) is 0 Å². The quantitative estimate of drug-likeness (QED) is 0.871. The fraction of sp³-hybridized carbons (Fsp3) is 0.450. The number of amides is 2. The van der Waals surface area contributed by atoms with Gasteiger partial charge in [0, 0.05) is 19.1 Å². The van der Waals surface area contributed by atoms with Gasteiger partial charge < -0.3 is 15.5 Å². The van der Waals surface area contributed by atoms with Crippen LogP contribution in [0, 0.1) is 5.82 Å². The number of anilines is 2. The molecular weight excluding hydrogens is 345 g/mol. The predicted octanol–water partition coefficient (Wildman–Crippen LogP) is 3.29. The molecule has 6 nitrogen and oxygen atoms in total. The van der Waals surface area contributed by atoms with Crippen LogP contribution in [-0.4, -0.2) is 35.4 Å². The zero-order chi connectivity index (χ0) is 18.6. The van der Waals surface area contributed by atoms with Gasteiger partial charge in [0.05, 0.1) is 11.4 Å². The van der Waals surface area contributed by atoms with E-state index in [2.05, 4.69) is 31.8 Å². The van der Waals surface area contributed by atoms with E-state index in [9.17, 15) is 9.18 Å². The van der Waals surface area contributed by atoms with Crippen LogP contribution in [0.2, 0.25) is 0 Å². The average molecular weight is 369 g/mol. The third-order valence-corrected chi connectivity index (χ3v) is 5.33. The number of urea groups is 1. The number of hydrogen-bond donors (Lipinski definition) is 2. The maximum atomic E-state index is 13.6. The van der Waals surface area contributed by atoms with E-state index in [1.165, 1.54) is 24.5 Å². The lowest BCUT2D eigenvalue weighted by molar-refractivity contribution is 0.246. The van der Waals surface area contributed by atoms with Crippen LogP contribution in [0.3, 0.4) is 0 Å². The van der Waals surface area contributed by atoms with Gasteiger partial charge in [0.25, 0.3) is 0 Å². The highest BCUT2D eigenvalue weighted by Gasteiger charge is 2.23. The van der Waals surface area contributed by atoms with E-state index in [0.29, 0.717) is 0 Å². The third kappa shape index (κ3) is 4.18. The lowest BCUT2D eigenvalue weighted by Gasteiger charge is -2.33. The van der Waals surface area contributed by atoms with Crippen molar-refractivity contribution in [3.8, 4) is 0 Å². The topological polar surface area (TPSA) is 70.2 Å². The van der Waals surface area contributed by atoms with Gasteiger partial charge in [0.1, 0.15) is 5.82 Å². The van der Waals surface area contributed by atoms with Gasteiger partial charge in [-0.1, -0.05) is 12.1 Å². The van der Waals surface area contributed by atoms with Gasteiger partial charge in [-0.2, -0.15) is 5.10 Å². The lowest BCUT2D eigenvalue weighted by atomic mass is 9.96. The molecule has 0 bridgehead atoms. The van der Waals surface area contributed by atoms with E-state index in [4.69, 9.17) is 0 Å². The normalized spacial score (nSPS) is 17.3. The molecule has 1 saturated heterocycles. The molecule has 0 unspecified atom stereocenters. The molecule has 1 fully saturated rings. The van der Waals surface area contributed by atoms with Crippen molar-refractivity contribution in [2.75, 3.05) is 23.3 Å². The molecular formula is C20H24FN5O. The second-order valence-corrected chi connectivity index (χ2v) is 7.22. The van der Waals surface area contributed by atoms with Crippen LogP contribution < -0.4 is 15.5 Å². The molecule has 2 N–H and O–H groups in total. The van der Waals surface area contributed by atoms with Gasteiger partial charge in [-0.05, 0) is 62.3 Å². The molecule has 0 saturated carbocycles. The maximum Gasteiger partial charge on any atom is 0.319 e. The molecule has 2 aliphatic rings. The van der Waals surface area contributed by atoms with Crippen molar-refractivity contribution in [3.05, 3.63) is 47.4 Å². The zero-order valence-electron chi connectivity index (χ0n) is 15.2. The van der Waals surface area contributed by atoms with Crippen molar-refractivity contribution in [1.82, 2.24) is 15.5 Å². The van der Waals surface area contributed by atoms with E-state index < -0.39 is 5.82 Å². The highest BCUT2D eigenvalue weighted by molar-refractivity contribution is 5.89. The summed E-state index contributed by atoms with van der Waals surface area (Å²) in [5.74, 6) is 0.498. The number of nitrogens with zero attached hydrogens (tertiary/aromatic N) is 3. The Bertz CT molecular complexity index is 820. The van der Waals surface area contributed by atoms with Crippen molar-refractivity contribution >= 4 is 17.5 Å². The Kier molecular flexibility index (Phi) is 5.18. The fourth-order valence-electron chi connectivity index (χ4n) is 3.79. The number of nitrogens with one attached hydrogen (secondary N) is 2. The first-order valence-corrected chi connectivity index (χ1v) is 9.61. The van der Waals surface area contributed by atoms with Crippen LogP contribution in [0.25, 0.3) is 0 Å². The minimum atomic E-state index is -0.437. The van der Waals surface area contributed by atoms with E-state index in [1.807, 2.05) is 0 Å². The molecule has 1 aliphatic carbocycles. The Labute approximate surface area is 158 Å². The van der Waals surface area contributed by atoms with Gasteiger partial charge in [0.2, 0.25) is 0 Å². The molecule has 1 aliphatic heterocycles. The summed E-state index contributed by atoms with van der Waals surface area (Å²) in [4.78, 5) is 14.4. The van der Waals surface area contributed by atoms with Gasteiger partial charge in [-0.3, -0.25) is 0 Å². The largest absolute Gasteiger partial charge is 0.355 e. The fourth-order valence-corrected chi connectivity index (χ4v) is 3.79. The van der Waals surface area contributed by atoms with Crippen LogP contribution in [0.5, 0.6) is 0 Å². The summed E-state index contributed by atoms with van der Waals surface area (Å²) in [6.07, 6.45) is 6.19. The van der Waals surface area contributed by atoms with Crippen molar-refractivity contribution in [2.24, 2.45) is 0 Å². The van der Waals surface area contributed by atoms with Crippen molar-refractivity contribution in [1.29, 1.82) is 0 Å². The number of aromatic nitrogens is 2. The summed E-state index contributed by atoms with van der Waals surface area (Å²) >= 11 is 0. The first-order chi connectivity index (χ1) is 13.2. The number of carbonyl (C=O) groups excluding carboxylic acids is 1. The predicted molar refractivity (Wildman–Crippen MR) is 102 cm³/mol. The summed E-state index contributed by atoms with van der Waals surface area (Å²) in [6.45, 7) is 1.64. The Morgan fingerprint density at radius 1 is 1.11 bits per heavy atom. The SMILES string of the molecule is O=C(Nc1ccccc1F)NC1CCN(c2cc3c(nn2)CCCC3)CC1. The average Bonchev–Trinajstić information content (AvgIpc) is 2.70. The summed E-state index contributed by atoms with van der Waals surface area (Å²) < 4.78 is 13.6. The molecule has 7 heteroatoms. The lowest BCUT2D eigenvalue weighted by Crippen LogP contribution is -2.46. The smallest absolute Gasteiger partial charge is 0.319 e. The number of fused-ring (bicyclic) bond motifs is 1. The van der Waals surface area contributed by atoms with E-state index >= 15 is 0 Å². The summed E-state index contributed by atoms with van der Waals surface area (Å²) in [7, 11) is 0. The first-order valence-electron chi connectivity index (χ1n) is 9.61. The van der Waals surface area contributed by atoms with Gasteiger partial charge in [-0.15, -0.1) is 5.10 Å². The molecule has 142 valence electrons. The Balaban J connectivity index is 1.30. The Hall–Kier alpha value is -2.70. The monoisotopic (exact) mass is 369 g/mol. The molecule has 1 aromatic carbocycles. The molecule has 0 atom stereocenters. The van der Waals surface area contributed by atoms with E-state index in [0.717, 1.165) is 50.3 Å². The van der Waals surface area contributed by atoms with Crippen LogP contribution >= 0.6 is 0 Å². The number of para-hydroxylation sites is 1. The number of carbonyl (C=O) groups is 1. The van der Waals surface area contributed by atoms with Crippen LogP contribution in [0.1, 0.15) is 36.9 Å². The van der Waals surface area contributed by atoms with Crippen molar-refractivity contribution in [2.45, 2.75) is 44.6 Å². The Morgan fingerprint density at radius 3 is 2.70 bits per heavy atom. The molecule has 2 aromatic rings. The van der Waals surface area contributed by atoms with Gasteiger partial charge in [0.15, 0.2) is 5.82 Å². The summed E-state index contributed by atoms with van der Waals surface area (Å²) in [5, 5.41) is 14.3. The first kappa shape index (κ1) is 17.7. The molecule has 2 amide bonds.